The predicted molar refractivity (Wildman–Crippen MR) is 344 cm³/mol. The van der Waals surface area contributed by atoms with Crippen molar-refractivity contribution in [1.29, 1.82) is 0 Å². The van der Waals surface area contributed by atoms with Crippen molar-refractivity contribution in [2.24, 2.45) is 0 Å². The maximum Gasteiger partial charge on any atom is 0.266 e. The number of rotatable bonds is 6. The second-order valence-electron chi connectivity index (χ2n) is 26.9. The van der Waals surface area contributed by atoms with Gasteiger partial charge in [-0.1, -0.05) is 201 Å². The molecule has 2 aliphatic heterocycles. The summed E-state index contributed by atoms with van der Waals surface area (Å²) in [6.07, 6.45) is 1.69. The fourth-order valence-electron chi connectivity index (χ4n) is 11.3. The van der Waals surface area contributed by atoms with Gasteiger partial charge in [0.2, 0.25) is 0 Å². The van der Waals surface area contributed by atoms with E-state index in [4.69, 9.17) is 7.73 Å². The lowest BCUT2D eigenvalue weighted by Crippen LogP contribution is -2.61. The topological polar surface area (TPSA) is 22.6 Å². The van der Waals surface area contributed by atoms with Gasteiger partial charge >= 0.3 is 0 Å². The maximum absolute atomic E-state index is 10.9. The minimum atomic E-state index is -1.17. The van der Waals surface area contributed by atoms with Crippen molar-refractivity contribution in [3.05, 3.63) is 197 Å². The van der Waals surface area contributed by atoms with Gasteiger partial charge < -0.3 is 4.90 Å². The van der Waals surface area contributed by atoms with Crippen LogP contribution in [-0.2, 0) is 32.5 Å². The van der Waals surface area contributed by atoms with Crippen LogP contribution < -0.4 is 30.4 Å². The third-order valence-electron chi connectivity index (χ3n) is 16.0. The number of fused-ring (bicyclic) bond motifs is 7. The van der Waals surface area contributed by atoms with E-state index in [9.17, 15) is 24.7 Å². The SMILES string of the molecule is [2H]c1c([2H])c([2H])c(N(c2cc3c4c(n2)N(c2c([2H])c([2H])c(C(C)(C)C)c([2H])c2-c2c([2H])c([2H])c(C(C)(C)C)c([2H])c2[2H])c2c([2H])c([2H])c(C(C)(C)C)c([2H])c2B4c2sc4ccc(C(C)(C)C)cc4c2N3c2ccc3c(c2)C(C)(C)CCC3(C)C)c2c([2H])c([2H])c([2H])c([2H])c2[2H])c([2H])c1[2H]. The summed E-state index contributed by atoms with van der Waals surface area (Å²) in [7, 11) is 0. The molecule has 0 fully saturated rings. The number of anilines is 9. The van der Waals surface area contributed by atoms with Crippen molar-refractivity contribution < 1.29 is 27.4 Å². The van der Waals surface area contributed by atoms with Crippen LogP contribution in [0.5, 0.6) is 0 Å². The van der Waals surface area contributed by atoms with E-state index in [1.54, 1.807) is 47.6 Å². The Morgan fingerprint density at radius 1 is 0.544 bits per heavy atom. The molecule has 79 heavy (non-hydrogen) atoms. The summed E-state index contributed by atoms with van der Waals surface area (Å²) < 4.78 is 198. The van der Waals surface area contributed by atoms with Crippen molar-refractivity contribution in [2.45, 2.75) is 156 Å². The van der Waals surface area contributed by atoms with Crippen LogP contribution in [0.1, 0.15) is 184 Å². The van der Waals surface area contributed by atoms with E-state index in [-0.39, 0.29) is 56.3 Å². The van der Waals surface area contributed by atoms with Crippen molar-refractivity contribution in [3.63, 3.8) is 0 Å². The minimum Gasteiger partial charge on any atom is -0.310 e. The summed E-state index contributed by atoms with van der Waals surface area (Å²) in [4.78, 5) is 9.76. The lowest BCUT2D eigenvalue weighted by atomic mass is 9.36. The summed E-state index contributed by atoms with van der Waals surface area (Å²) >= 11 is 1.43. The Balaban J connectivity index is 1.42. The fraction of sp³-hybridized carbons (Fsp3) is 0.329. The molecular formula is C73H79BN4S. The van der Waals surface area contributed by atoms with Gasteiger partial charge in [-0.05, 0) is 162 Å². The summed E-state index contributed by atoms with van der Waals surface area (Å²) in [5.74, 6) is -0.747. The Kier molecular flexibility index (Phi) is 7.96. The molecule has 0 unspecified atom stereocenters. The zero-order chi connectivity index (χ0) is 73.3. The second-order valence-corrected chi connectivity index (χ2v) is 28.0. The van der Waals surface area contributed by atoms with E-state index in [0.29, 0.717) is 16.2 Å². The summed E-state index contributed by atoms with van der Waals surface area (Å²) in [6, 6.07) is 0.582. The Hall–Kier alpha value is -6.89. The summed E-state index contributed by atoms with van der Waals surface area (Å²) in [5, 5.41) is 0.751. The van der Waals surface area contributed by atoms with Crippen molar-refractivity contribution in [3.8, 4) is 11.1 Å². The Labute approximate surface area is 504 Å². The highest BCUT2D eigenvalue weighted by molar-refractivity contribution is 7.33. The number of hydrogen-bond acceptors (Lipinski definition) is 5. The molecule has 7 aromatic carbocycles. The van der Waals surface area contributed by atoms with Crippen LogP contribution >= 0.6 is 11.3 Å². The van der Waals surface area contributed by atoms with Gasteiger partial charge in [-0.25, -0.2) is 4.98 Å². The average Bonchev–Trinajstić information content (AvgIpc) is 1.66. The first-order valence-corrected chi connectivity index (χ1v) is 28.1. The van der Waals surface area contributed by atoms with Gasteiger partial charge in [-0.15, -0.1) is 11.3 Å². The fourth-order valence-corrected chi connectivity index (χ4v) is 12.5. The summed E-state index contributed by atoms with van der Waals surface area (Å²) in [6.45, 7) is 29.8. The lowest BCUT2D eigenvalue weighted by Gasteiger charge is -2.45. The third kappa shape index (κ3) is 9.02. The van der Waals surface area contributed by atoms with Gasteiger partial charge in [-0.2, -0.15) is 0 Å². The van der Waals surface area contributed by atoms with Gasteiger partial charge in [0.25, 0.3) is 6.71 Å². The highest BCUT2D eigenvalue weighted by Crippen LogP contribution is 2.54. The van der Waals surface area contributed by atoms with Crippen LogP contribution in [0.25, 0.3) is 21.2 Å². The molecule has 0 saturated carbocycles. The molecule has 6 heteroatoms. The molecule has 3 aliphatic rings. The van der Waals surface area contributed by atoms with E-state index < -0.39 is 183 Å². The van der Waals surface area contributed by atoms with Crippen molar-refractivity contribution in [2.75, 3.05) is 14.7 Å². The first kappa shape index (κ1) is 34.3. The molecule has 2 aromatic heterocycles. The molecule has 400 valence electrons. The number of thiophene rings is 1. The van der Waals surface area contributed by atoms with E-state index in [1.807, 2.05) is 37.8 Å². The molecule has 9 aromatic rings. The van der Waals surface area contributed by atoms with Gasteiger partial charge in [0.1, 0.15) is 11.6 Å². The van der Waals surface area contributed by atoms with Crippen LogP contribution in [0.4, 0.5) is 51.4 Å². The minimum absolute atomic E-state index is 0.0267. The zero-order valence-corrected chi connectivity index (χ0v) is 49.0. The van der Waals surface area contributed by atoms with Gasteiger partial charge in [0, 0.05) is 54.9 Å². The van der Waals surface area contributed by atoms with E-state index in [2.05, 4.69) is 72.7 Å². The zero-order valence-electron chi connectivity index (χ0n) is 68.2. The Bertz CT molecular complexity index is 4910. The molecule has 0 saturated heterocycles. The molecule has 0 amide bonds. The van der Waals surface area contributed by atoms with Gasteiger partial charge in [-0.3, -0.25) is 9.80 Å². The Morgan fingerprint density at radius 3 is 1.70 bits per heavy atom. The standard InChI is InChI=1S/C73H79BN4S/c1-68(2,3)47-29-27-46(28-30-47)54-41-48(69(4,5)6)31-36-59(54)78-60-37-32-50(71(10,11)12)43-58(60)74-64-61(45-63(75-67(64)78)76(51-23-19-17-20-24-51)52-25-21-18-22-26-52)77(53-34-35-56-57(44-53)73(15,16)40-39-72(56,13)14)65-55-42-49(70(7,8)9)33-38-62(55)79-66(65)74/h17-38,41-45H,39-40H2,1-16H3/i17D,18D,19D,20D,21D,22D,23D,24D,25D,26D,27D,28D,29D,30D,31D,32D,36D,37D,41D,43D. The molecule has 1 aliphatic carbocycles. The number of hydrogen-bond donors (Lipinski definition) is 0. The number of aromatic nitrogens is 1. The predicted octanol–water partition coefficient (Wildman–Crippen LogP) is 19.1. The van der Waals surface area contributed by atoms with E-state index >= 15 is 0 Å². The number of benzene rings is 7. The Morgan fingerprint density at radius 2 is 1.10 bits per heavy atom. The monoisotopic (exact) mass is 1070 g/mol. The van der Waals surface area contributed by atoms with Crippen LogP contribution in [0.3, 0.4) is 0 Å². The molecule has 0 radical (unpaired) electrons. The highest BCUT2D eigenvalue weighted by atomic mass is 32.1. The number of para-hydroxylation sites is 2. The van der Waals surface area contributed by atoms with Crippen LogP contribution in [0.2, 0.25) is 0 Å². The molecular weight excluding hydrogens is 976 g/mol. The quantitative estimate of drug-likeness (QED) is 0.155. The van der Waals surface area contributed by atoms with Crippen molar-refractivity contribution in [1.82, 2.24) is 4.98 Å². The average molecular weight is 1080 g/mol. The second kappa shape index (κ2) is 18.3. The number of nitrogens with zero attached hydrogens (tertiary/aromatic N) is 4. The molecule has 0 bridgehead atoms. The van der Waals surface area contributed by atoms with Gasteiger partial charge in [0.15, 0.2) is 0 Å². The van der Waals surface area contributed by atoms with Crippen LogP contribution in [0.15, 0.2) is 163 Å². The van der Waals surface area contributed by atoms with Crippen molar-refractivity contribution >= 4 is 95.3 Å². The molecule has 4 heterocycles. The van der Waals surface area contributed by atoms with Crippen LogP contribution in [0, 0.1) is 0 Å². The summed E-state index contributed by atoms with van der Waals surface area (Å²) in [5.41, 5.74) is -2.21. The first-order chi connectivity index (χ1) is 45.5. The molecule has 12 rings (SSSR count). The third-order valence-corrected chi connectivity index (χ3v) is 17.2. The lowest BCUT2D eigenvalue weighted by molar-refractivity contribution is 0.332. The molecule has 0 spiro atoms. The molecule has 0 N–H and O–H groups in total. The normalized spacial score (nSPS) is 19.2. The van der Waals surface area contributed by atoms with Crippen LogP contribution in [-0.4, -0.2) is 11.7 Å². The van der Waals surface area contributed by atoms with E-state index in [1.165, 1.54) is 16.2 Å². The maximum atomic E-state index is 10.9. The molecule has 4 nitrogen and oxygen atoms in total. The largest absolute Gasteiger partial charge is 0.310 e. The first-order valence-electron chi connectivity index (χ1n) is 37.2. The van der Waals surface area contributed by atoms with Gasteiger partial charge in [0.05, 0.1) is 38.8 Å². The smallest absolute Gasteiger partial charge is 0.266 e. The number of pyridine rings is 1. The highest BCUT2D eigenvalue weighted by Gasteiger charge is 2.48. The van der Waals surface area contributed by atoms with E-state index in [0.717, 1.165) is 44.5 Å². The molecule has 0 atom stereocenters.